The molecule has 0 bridgehead atoms. The lowest BCUT2D eigenvalue weighted by Crippen LogP contribution is -2.32. The van der Waals surface area contributed by atoms with Crippen LogP contribution in [0.25, 0.3) is 0 Å². The Morgan fingerprint density at radius 1 is 1.40 bits per heavy atom. The highest BCUT2D eigenvalue weighted by Gasteiger charge is 2.33. The Labute approximate surface area is 112 Å². The van der Waals surface area contributed by atoms with Crippen molar-refractivity contribution in [1.82, 2.24) is 0 Å². The fourth-order valence-corrected chi connectivity index (χ4v) is 2.48. The molecule has 1 atom stereocenters. The van der Waals surface area contributed by atoms with E-state index in [1.54, 1.807) is 0 Å². The van der Waals surface area contributed by atoms with Gasteiger partial charge in [-0.05, 0) is 31.0 Å². The predicted molar refractivity (Wildman–Crippen MR) is 64.0 cm³/mol. The first-order chi connectivity index (χ1) is 9.29. The largest absolute Gasteiger partial charge is 0.481 e. The van der Waals surface area contributed by atoms with Crippen LogP contribution in [0.2, 0.25) is 0 Å². The molecule has 1 unspecified atom stereocenters. The van der Waals surface area contributed by atoms with Gasteiger partial charge in [-0.3, -0.25) is 4.79 Å². The van der Waals surface area contributed by atoms with Crippen molar-refractivity contribution in [3.63, 3.8) is 0 Å². The molecule has 1 aromatic rings. The molecule has 20 heavy (non-hydrogen) atoms. The summed E-state index contributed by atoms with van der Waals surface area (Å²) in [6.07, 6.45) is -3.46. The smallest absolute Gasteiger partial charge is 0.416 e. The van der Waals surface area contributed by atoms with Crippen molar-refractivity contribution in [2.45, 2.75) is 31.5 Å². The van der Waals surface area contributed by atoms with Crippen LogP contribution >= 0.6 is 0 Å². The molecular formula is C13H13F4NO2. The topological polar surface area (TPSA) is 40.5 Å². The minimum absolute atomic E-state index is 0.0294. The summed E-state index contributed by atoms with van der Waals surface area (Å²) in [5.41, 5.74) is -1.02. The van der Waals surface area contributed by atoms with Gasteiger partial charge in [-0.2, -0.15) is 13.2 Å². The molecule has 2 rings (SSSR count). The number of halogens is 4. The second-order valence-corrected chi connectivity index (χ2v) is 4.75. The number of carboxylic acids is 1. The monoisotopic (exact) mass is 291 g/mol. The molecule has 1 aliphatic heterocycles. The second-order valence-electron chi connectivity index (χ2n) is 4.75. The number of aliphatic carboxylic acids is 1. The van der Waals surface area contributed by atoms with Crippen LogP contribution in [0.4, 0.5) is 23.2 Å². The minimum atomic E-state index is -4.59. The number of benzene rings is 1. The van der Waals surface area contributed by atoms with Gasteiger partial charge in [-0.1, -0.05) is 0 Å². The average Bonchev–Trinajstić information content (AvgIpc) is 2.74. The maximum Gasteiger partial charge on any atom is 0.416 e. The zero-order valence-corrected chi connectivity index (χ0v) is 10.5. The normalized spacial score (nSPS) is 19.4. The van der Waals surface area contributed by atoms with Gasteiger partial charge in [0.2, 0.25) is 0 Å². The molecule has 0 radical (unpaired) electrons. The standard InChI is InChI=1S/C13H13F4NO2/c14-10-6-8(13(15,16)17)3-4-11(10)18-5-1-2-9(18)7-12(19)20/h3-4,6,9H,1-2,5,7H2,(H,19,20). The van der Waals surface area contributed by atoms with Gasteiger partial charge in [0.1, 0.15) is 5.82 Å². The third-order valence-corrected chi connectivity index (χ3v) is 3.37. The summed E-state index contributed by atoms with van der Waals surface area (Å²) in [5, 5.41) is 8.79. The van der Waals surface area contributed by atoms with E-state index < -0.39 is 23.5 Å². The van der Waals surface area contributed by atoms with Crippen molar-refractivity contribution < 1.29 is 27.5 Å². The number of nitrogens with zero attached hydrogens (tertiary/aromatic N) is 1. The Balaban J connectivity index is 2.26. The fourth-order valence-electron chi connectivity index (χ4n) is 2.48. The summed E-state index contributed by atoms with van der Waals surface area (Å²) in [4.78, 5) is 12.3. The maximum absolute atomic E-state index is 13.9. The van der Waals surface area contributed by atoms with Gasteiger partial charge in [0.25, 0.3) is 0 Å². The molecule has 0 aromatic heterocycles. The maximum atomic E-state index is 13.9. The zero-order chi connectivity index (χ0) is 14.9. The van der Waals surface area contributed by atoms with E-state index in [9.17, 15) is 22.4 Å². The van der Waals surface area contributed by atoms with E-state index in [4.69, 9.17) is 5.11 Å². The van der Waals surface area contributed by atoms with Gasteiger partial charge >= 0.3 is 12.1 Å². The van der Waals surface area contributed by atoms with E-state index >= 15 is 0 Å². The van der Waals surface area contributed by atoms with E-state index in [0.717, 1.165) is 12.1 Å². The van der Waals surface area contributed by atoms with Crippen LogP contribution in [0.1, 0.15) is 24.8 Å². The van der Waals surface area contributed by atoms with Crippen LogP contribution in [0.3, 0.4) is 0 Å². The highest BCUT2D eigenvalue weighted by atomic mass is 19.4. The Kier molecular flexibility index (Phi) is 3.87. The molecule has 0 spiro atoms. The Bertz CT molecular complexity index is 516. The third kappa shape index (κ3) is 3.02. The van der Waals surface area contributed by atoms with Crippen molar-refractivity contribution in [3.8, 4) is 0 Å². The van der Waals surface area contributed by atoms with Crippen molar-refractivity contribution in [2.24, 2.45) is 0 Å². The Morgan fingerprint density at radius 3 is 2.65 bits per heavy atom. The summed E-state index contributed by atoms with van der Waals surface area (Å²) < 4.78 is 51.3. The molecule has 0 amide bonds. The molecular weight excluding hydrogens is 278 g/mol. The molecule has 0 aliphatic carbocycles. The fraction of sp³-hybridized carbons (Fsp3) is 0.462. The molecule has 3 nitrogen and oxygen atoms in total. The molecule has 1 fully saturated rings. The number of alkyl halides is 3. The lowest BCUT2D eigenvalue weighted by atomic mass is 10.1. The molecule has 7 heteroatoms. The quantitative estimate of drug-likeness (QED) is 0.869. The first-order valence-electron chi connectivity index (χ1n) is 6.14. The highest BCUT2D eigenvalue weighted by molar-refractivity contribution is 5.69. The number of carboxylic acid groups (broad SMARTS) is 1. The van der Waals surface area contributed by atoms with Gasteiger partial charge in [0.15, 0.2) is 0 Å². The lowest BCUT2D eigenvalue weighted by molar-refractivity contribution is -0.138. The molecule has 1 heterocycles. The van der Waals surface area contributed by atoms with Crippen LogP contribution in [0.5, 0.6) is 0 Å². The van der Waals surface area contributed by atoms with Gasteiger partial charge in [-0.25, -0.2) is 4.39 Å². The van der Waals surface area contributed by atoms with E-state index in [2.05, 4.69) is 0 Å². The number of carbonyl (C=O) groups is 1. The number of hydrogen-bond acceptors (Lipinski definition) is 2. The van der Waals surface area contributed by atoms with Crippen LogP contribution < -0.4 is 4.90 Å². The van der Waals surface area contributed by atoms with E-state index in [1.807, 2.05) is 0 Å². The molecule has 1 aliphatic rings. The van der Waals surface area contributed by atoms with Crippen molar-refractivity contribution in [3.05, 3.63) is 29.6 Å². The van der Waals surface area contributed by atoms with Gasteiger partial charge in [0.05, 0.1) is 17.7 Å². The summed E-state index contributed by atoms with van der Waals surface area (Å²) in [6, 6.07) is 1.96. The molecule has 1 aromatic carbocycles. The van der Waals surface area contributed by atoms with Crippen molar-refractivity contribution >= 4 is 11.7 Å². The predicted octanol–water partition coefficient (Wildman–Crippen LogP) is 3.29. The van der Waals surface area contributed by atoms with Crippen LogP contribution in [0, 0.1) is 5.82 Å². The molecule has 1 N–H and O–H groups in total. The minimum Gasteiger partial charge on any atom is -0.481 e. The van der Waals surface area contributed by atoms with Gasteiger partial charge in [-0.15, -0.1) is 0 Å². The summed E-state index contributed by atoms with van der Waals surface area (Å²) in [5.74, 6) is -1.98. The van der Waals surface area contributed by atoms with Gasteiger partial charge in [0, 0.05) is 12.6 Å². The first kappa shape index (κ1) is 14.6. The Hall–Kier alpha value is -1.79. The number of hydrogen-bond donors (Lipinski definition) is 1. The number of anilines is 1. The van der Waals surface area contributed by atoms with E-state index in [-0.39, 0.29) is 18.2 Å². The molecule has 110 valence electrons. The van der Waals surface area contributed by atoms with Crippen molar-refractivity contribution in [1.29, 1.82) is 0 Å². The molecule has 0 saturated carbocycles. The van der Waals surface area contributed by atoms with Crippen molar-refractivity contribution in [2.75, 3.05) is 11.4 Å². The van der Waals surface area contributed by atoms with Crippen LogP contribution in [0.15, 0.2) is 18.2 Å². The third-order valence-electron chi connectivity index (χ3n) is 3.37. The number of rotatable bonds is 3. The molecule has 1 saturated heterocycles. The zero-order valence-electron chi connectivity index (χ0n) is 10.5. The first-order valence-corrected chi connectivity index (χ1v) is 6.14. The highest BCUT2D eigenvalue weighted by Crippen LogP contribution is 2.34. The van der Waals surface area contributed by atoms with E-state index in [1.165, 1.54) is 4.90 Å². The van der Waals surface area contributed by atoms with Crippen LogP contribution in [-0.4, -0.2) is 23.7 Å². The summed E-state index contributed by atoms with van der Waals surface area (Å²) in [6.45, 7) is 0.445. The lowest BCUT2D eigenvalue weighted by Gasteiger charge is -2.26. The van der Waals surface area contributed by atoms with E-state index in [0.29, 0.717) is 25.5 Å². The van der Waals surface area contributed by atoms with Gasteiger partial charge < -0.3 is 10.0 Å². The summed E-state index contributed by atoms with van der Waals surface area (Å²) in [7, 11) is 0. The average molecular weight is 291 g/mol. The SMILES string of the molecule is O=C(O)CC1CCCN1c1ccc(C(F)(F)F)cc1F. The van der Waals surface area contributed by atoms with Crippen LogP contribution in [-0.2, 0) is 11.0 Å². The Morgan fingerprint density at radius 2 is 2.10 bits per heavy atom. The summed E-state index contributed by atoms with van der Waals surface area (Å²) >= 11 is 0. The second kappa shape index (κ2) is 5.30.